The summed E-state index contributed by atoms with van der Waals surface area (Å²) in [5.41, 5.74) is 6.85. The van der Waals surface area contributed by atoms with E-state index >= 15 is 0 Å². The molecule has 1 aliphatic heterocycles. The van der Waals surface area contributed by atoms with Crippen molar-refractivity contribution in [3.63, 3.8) is 0 Å². The number of hydrogen-bond acceptors (Lipinski definition) is 5. The molecule has 2 aromatic heterocycles. The number of carbonyl (C=O) groups is 2. The van der Waals surface area contributed by atoms with Gasteiger partial charge in [0.1, 0.15) is 6.61 Å². The number of aromatic carboxylic acids is 1. The van der Waals surface area contributed by atoms with E-state index in [9.17, 15) is 14.7 Å². The summed E-state index contributed by atoms with van der Waals surface area (Å²) in [6.07, 6.45) is 1.76. The molecule has 210 valence electrons. The minimum absolute atomic E-state index is 0.0320. The molecule has 1 fully saturated rings. The van der Waals surface area contributed by atoms with Crippen molar-refractivity contribution in [2.24, 2.45) is 0 Å². The van der Waals surface area contributed by atoms with Crippen LogP contribution in [-0.2, 0) is 9.53 Å². The van der Waals surface area contributed by atoms with Gasteiger partial charge in [0.05, 0.1) is 29.0 Å². The van der Waals surface area contributed by atoms with Crippen LogP contribution >= 0.6 is 12.2 Å². The van der Waals surface area contributed by atoms with Gasteiger partial charge in [0.25, 0.3) is 0 Å². The Morgan fingerprint density at radius 1 is 1.07 bits per heavy atom. The highest BCUT2D eigenvalue weighted by Gasteiger charge is 2.42. The lowest BCUT2D eigenvalue weighted by Gasteiger charge is -2.29. The molecule has 1 aliphatic rings. The molecule has 1 amide bonds. The van der Waals surface area contributed by atoms with Gasteiger partial charge in [-0.15, -0.1) is 0 Å². The fourth-order valence-corrected chi connectivity index (χ4v) is 5.86. The Bertz CT molecular complexity index is 1630. The number of nitrogens with one attached hydrogen (secondary N) is 2. The van der Waals surface area contributed by atoms with Crippen molar-refractivity contribution in [3.05, 3.63) is 107 Å². The van der Waals surface area contributed by atoms with Crippen LogP contribution in [0.2, 0.25) is 0 Å². The lowest BCUT2D eigenvalue weighted by atomic mass is 9.96. The molecule has 41 heavy (non-hydrogen) atoms. The highest BCUT2D eigenvalue weighted by atomic mass is 32.1. The summed E-state index contributed by atoms with van der Waals surface area (Å²) in [6, 6.07) is 20.1. The van der Waals surface area contributed by atoms with Crippen LogP contribution in [0.3, 0.4) is 0 Å². The molecule has 0 radical (unpaired) electrons. The van der Waals surface area contributed by atoms with Crippen molar-refractivity contribution in [3.8, 4) is 5.69 Å². The Morgan fingerprint density at radius 3 is 2.51 bits per heavy atom. The van der Waals surface area contributed by atoms with Gasteiger partial charge in [-0.1, -0.05) is 18.2 Å². The van der Waals surface area contributed by atoms with E-state index in [2.05, 4.69) is 26.6 Å². The standard InChI is InChI=1S/C31H31N5O4S/c1-18-15-21(12-13-24(18)33-27(37)17-40-4)36-29(28(34-31(36)41)25-10-7-8-14-32-25)23-16-19(2)35(20(23)3)26-11-6-5-9-22(26)30(38)39/h5-16,28-29H,17H2,1-4H3,(H,33,37)(H,34,41)(H,38,39)/t28-,29-/m0/s1. The highest BCUT2D eigenvalue weighted by molar-refractivity contribution is 7.80. The molecule has 9 nitrogen and oxygen atoms in total. The Hall–Kier alpha value is -4.54. The maximum atomic E-state index is 12.1. The number of para-hydroxylation sites is 1. The third-order valence-electron chi connectivity index (χ3n) is 7.30. The molecule has 4 aromatic rings. The van der Waals surface area contributed by atoms with Crippen LogP contribution in [0.5, 0.6) is 0 Å². The molecule has 3 heterocycles. The number of anilines is 2. The van der Waals surface area contributed by atoms with Gasteiger partial charge < -0.3 is 29.9 Å². The number of carboxylic acid groups (broad SMARTS) is 1. The second-order valence-corrected chi connectivity index (χ2v) is 10.3. The molecular formula is C31H31N5O4S. The maximum absolute atomic E-state index is 12.1. The van der Waals surface area contributed by atoms with Crippen LogP contribution < -0.4 is 15.5 Å². The first kappa shape index (κ1) is 28.0. The zero-order valence-corrected chi connectivity index (χ0v) is 24.0. The molecule has 0 bridgehead atoms. The summed E-state index contributed by atoms with van der Waals surface area (Å²) in [7, 11) is 1.48. The molecule has 0 saturated carbocycles. The van der Waals surface area contributed by atoms with Crippen molar-refractivity contribution in [1.82, 2.24) is 14.9 Å². The maximum Gasteiger partial charge on any atom is 0.337 e. The number of carbonyl (C=O) groups excluding carboxylic acids is 1. The molecule has 3 N–H and O–H groups in total. The average Bonchev–Trinajstić information content (AvgIpc) is 3.45. The number of thiocarbonyl (C=S) groups is 1. The largest absolute Gasteiger partial charge is 0.478 e. The van der Waals surface area contributed by atoms with E-state index in [1.165, 1.54) is 7.11 Å². The molecule has 2 atom stereocenters. The normalized spacial score (nSPS) is 16.5. The number of hydrogen-bond donors (Lipinski definition) is 3. The number of aryl methyl sites for hydroxylation is 2. The number of amides is 1. The summed E-state index contributed by atoms with van der Waals surface area (Å²) >= 11 is 5.90. The number of nitrogens with zero attached hydrogens (tertiary/aromatic N) is 3. The van der Waals surface area contributed by atoms with Crippen LogP contribution in [0.1, 0.15) is 50.7 Å². The fourth-order valence-electron chi connectivity index (χ4n) is 5.51. The lowest BCUT2D eigenvalue weighted by Crippen LogP contribution is -2.29. The van der Waals surface area contributed by atoms with Gasteiger partial charge in [-0.2, -0.15) is 0 Å². The molecule has 0 aliphatic carbocycles. The number of benzene rings is 2. The highest BCUT2D eigenvalue weighted by Crippen LogP contribution is 2.44. The molecule has 2 aromatic carbocycles. The Kier molecular flexibility index (Phi) is 7.87. The van der Waals surface area contributed by atoms with Gasteiger partial charge >= 0.3 is 5.97 Å². The minimum Gasteiger partial charge on any atom is -0.478 e. The van der Waals surface area contributed by atoms with E-state index < -0.39 is 5.97 Å². The van der Waals surface area contributed by atoms with Gasteiger partial charge in [0.2, 0.25) is 5.91 Å². The summed E-state index contributed by atoms with van der Waals surface area (Å²) in [4.78, 5) is 30.9. The van der Waals surface area contributed by atoms with Crippen molar-refractivity contribution < 1.29 is 19.4 Å². The zero-order valence-electron chi connectivity index (χ0n) is 23.2. The Balaban J connectivity index is 1.63. The number of pyridine rings is 1. The van der Waals surface area contributed by atoms with Crippen LogP contribution in [-0.4, -0.2) is 45.4 Å². The van der Waals surface area contributed by atoms with E-state index in [1.54, 1.807) is 18.3 Å². The van der Waals surface area contributed by atoms with Crippen molar-refractivity contribution >= 4 is 40.6 Å². The van der Waals surface area contributed by atoms with Gasteiger partial charge in [-0.25, -0.2) is 4.79 Å². The van der Waals surface area contributed by atoms with E-state index in [1.807, 2.05) is 73.9 Å². The quantitative estimate of drug-likeness (QED) is 0.247. The molecule has 10 heteroatoms. The van der Waals surface area contributed by atoms with Crippen LogP contribution in [0.15, 0.2) is 72.9 Å². The molecule has 0 unspecified atom stereocenters. The van der Waals surface area contributed by atoms with Crippen molar-refractivity contribution in [2.45, 2.75) is 32.9 Å². The molecule has 1 saturated heterocycles. The van der Waals surface area contributed by atoms with Crippen molar-refractivity contribution in [2.75, 3.05) is 23.9 Å². The molecule has 5 rings (SSSR count). The second-order valence-electron chi connectivity index (χ2n) is 9.96. The van der Waals surface area contributed by atoms with Crippen LogP contribution in [0.4, 0.5) is 11.4 Å². The van der Waals surface area contributed by atoms with E-state index in [4.69, 9.17) is 17.0 Å². The monoisotopic (exact) mass is 569 g/mol. The zero-order chi connectivity index (χ0) is 29.3. The second kappa shape index (κ2) is 11.5. The number of carboxylic acids is 1. The van der Waals surface area contributed by atoms with E-state index in [-0.39, 0.29) is 30.2 Å². The van der Waals surface area contributed by atoms with E-state index in [0.717, 1.165) is 33.9 Å². The van der Waals surface area contributed by atoms with Crippen LogP contribution in [0, 0.1) is 20.8 Å². The molecule has 0 spiro atoms. The predicted molar refractivity (Wildman–Crippen MR) is 162 cm³/mol. The Morgan fingerprint density at radius 2 is 1.83 bits per heavy atom. The SMILES string of the molecule is COCC(=O)Nc1ccc(N2C(=S)N[C@@H](c3ccccn3)[C@@H]2c2cc(C)n(-c3ccccc3C(=O)O)c2C)cc1C. The number of aromatic nitrogens is 2. The van der Waals surface area contributed by atoms with Gasteiger partial charge in [-0.05, 0) is 92.6 Å². The first-order valence-electron chi connectivity index (χ1n) is 13.1. The first-order valence-corrected chi connectivity index (χ1v) is 13.5. The summed E-state index contributed by atoms with van der Waals surface area (Å²) in [5, 5.41) is 16.8. The predicted octanol–water partition coefficient (Wildman–Crippen LogP) is 5.26. The van der Waals surface area contributed by atoms with Gasteiger partial charge in [0.15, 0.2) is 5.11 Å². The summed E-state index contributed by atoms with van der Waals surface area (Å²) in [5.74, 6) is -1.22. The number of ether oxygens (including phenoxy) is 1. The Labute approximate surface area is 243 Å². The number of methoxy groups -OCH3 is 1. The summed E-state index contributed by atoms with van der Waals surface area (Å²) in [6.45, 7) is 5.86. The van der Waals surface area contributed by atoms with Gasteiger partial charge in [-0.3, -0.25) is 9.78 Å². The fraction of sp³-hybridized carbons (Fsp3) is 0.226. The lowest BCUT2D eigenvalue weighted by molar-refractivity contribution is -0.119. The van der Waals surface area contributed by atoms with Crippen LogP contribution in [0.25, 0.3) is 5.69 Å². The van der Waals surface area contributed by atoms with E-state index in [0.29, 0.717) is 16.5 Å². The smallest absolute Gasteiger partial charge is 0.337 e. The molecular weight excluding hydrogens is 538 g/mol. The van der Waals surface area contributed by atoms with Crippen molar-refractivity contribution in [1.29, 1.82) is 0 Å². The summed E-state index contributed by atoms with van der Waals surface area (Å²) < 4.78 is 6.92. The third-order valence-corrected chi connectivity index (χ3v) is 7.61. The third kappa shape index (κ3) is 5.31. The number of rotatable bonds is 8. The van der Waals surface area contributed by atoms with Gasteiger partial charge in [0, 0.05) is 36.1 Å². The first-order chi connectivity index (χ1) is 19.7. The minimum atomic E-state index is -0.987. The topological polar surface area (TPSA) is 109 Å². The average molecular weight is 570 g/mol.